The van der Waals surface area contributed by atoms with Gasteiger partial charge in [0, 0.05) is 28.4 Å². The number of hydrogen-bond donors (Lipinski definition) is 0. The molecule has 0 spiro atoms. The first-order valence-electron chi connectivity index (χ1n) is 10.7. The summed E-state index contributed by atoms with van der Waals surface area (Å²) in [6.07, 6.45) is 0. The van der Waals surface area contributed by atoms with Gasteiger partial charge < -0.3 is 4.90 Å². The van der Waals surface area contributed by atoms with Crippen molar-refractivity contribution in [2.45, 2.75) is 36.0 Å². The highest BCUT2D eigenvalue weighted by atomic mass is 32.2. The largest absolute Gasteiger partial charge is 0.350 e. The highest BCUT2D eigenvalue weighted by Crippen LogP contribution is 2.48. The third kappa shape index (κ3) is 3.90. The lowest BCUT2D eigenvalue weighted by Crippen LogP contribution is -2.41. The first-order valence-corrected chi connectivity index (χ1v) is 13.2. The highest BCUT2D eigenvalue weighted by Gasteiger charge is 2.37. The molecule has 5 nitrogen and oxygen atoms in total. The monoisotopic (exact) mass is 483 g/mol. The summed E-state index contributed by atoms with van der Waals surface area (Å²) in [6, 6.07) is 11.3. The Balaban J connectivity index is 1.55. The van der Waals surface area contributed by atoms with Crippen LogP contribution in [0, 0.1) is 5.92 Å². The lowest BCUT2D eigenvalue weighted by molar-refractivity contribution is 0.0643. The van der Waals surface area contributed by atoms with Gasteiger partial charge in [0.15, 0.2) is 0 Å². The lowest BCUT2D eigenvalue weighted by atomic mass is 10.1. The normalized spacial score (nSPS) is 16.2. The molecule has 32 heavy (non-hydrogen) atoms. The smallest absolute Gasteiger partial charge is 0.261 e. The van der Waals surface area contributed by atoms with Gasteiger partial charge >= 0.3 is 0 Å². The molecule has 166 valence electrons. The number of benzene rings is 1. The second kappa shape index (κ2) is 8.67. The molecule has 0 aliphatic carbocycles. The number of hydrogen-bond acceptors (Lipinski definition) is 7. The summed E-state index contributed by atoms with van der Waals surface area (Å²) in [5.74, 6) is 0.157. The Morgan fingerprint density at radius 2 is 1.78 bits per heavy atom. The molecule has 2 aliphatic heterocycles. The zero-order valence-electron chi connectivity index (χ0n) is 18.3. The van der Waals surface area contributed by atoms with E-state index in [-0.39, 0.29) is 11.8 Å². The van der Waals surface area contributed by atoms with Crippen LogP contribution in [0.4, 0.5) is 5.00 Å². The number of carbonyl (C=O) groups excluding carboxylic acids is 2. The van der Waals surface area contributed by atoms with E-state index in [9.17, 15) is 9.59 Å². The van der Waals surface area contributed by atoms with E-state index in [4.69, 9.17) is 0 Å². The number of nitrogens with zero attached hydrogens (tertiary/aromatic N) is 3. The van der Waals surface area contributed by atoms with Crippen molar-refractivity contribution in [3.63, 3.8) is 0 Å². The van der Waals surface area contributed by atoms with E-state index in [0.29, 0.717) is 23.6 Å². The minimum atomic E-state index is -0.194. The molecule has 0 saturated carbocycles. The van der Waals surface area contributed by atoms with Crippen molar-refractivity contribution in [1.29, 1.82) is 0 Å². The molecule has 0 bridgehead atoms. The third-order valence-electron chi connectivity index (χ3n) is 5.60. The van der Waals surface area contributed by atoms with E-state index in [1.807, 2.05) is 12.1 Å². The third-order valence-corrected chi connectivity index (χ3v) is 9.24. The number of amides is 2. The maximum absolute atomic E-state index is 13.0. The first-order chi connectivity index (χ1) is 15.4. The highest BCUT2D eigenvalue weighted by molar-refractivity contribution is 8.01. The molecule has 0 fully saturated rings. The standard InChI is InChI=1S/C24H25N3O2S3/c1-15(2)11-26-14-25(3)12-18-21(32-20-9-6-10-30-20)19(31-24(18)26)13-27-22(28)16-7-4-5-8-17(16)23(27)29/h4-10,15H,11-14H2,1-3H3. The van der Waals surface area contributed by atoms with Crippen LogP contribution < -0.4 is 4.90 Å². The molecule has 1 aromatic carbocycles. The van der Waals surface area contributed by atoms with Gasteiger partial charge in [-0.3, -0.25) is 19.4 Å². The molecular formula is C24H25N3O2S3. The van der Waals surface area contributed by atoms with Crippen LogP contribution in [0.2, 0.25) is 0 Å². The van der Waals surface area contributed by atoms with Crippen LogP contribution in [0.1, 0.15) is 45.0 Å². The number of thiophene rings is 2. The maximum atomic E-state index is 13.0. The minimum Gasteiger partial charge on any atom is -0.350 e. The fraction of sp³-hybridized carbons (Fsp3) is 0.333. The molecule has 3 aromatic rings. The van der Waals surface area contributed by atoms with Crippen molar-refractivity contribution in [2.75, 3.05) is 25.2 Å². The lowest BCUT2D eigenvalue weighted by Gasteiger charge is -2.35. The van der Waals surface area contributed by atoms with Crippen molar-refractivity contribution in [3.05, 3.63) is 63.3 Å². The number of fused-ring (bicyclic) bond motifs is 2. The summed E-state index contributed by atoms with van der Waals surface area (Å²) >= 11 is 5.22. The van der Waals surface area contributed by atoms with Crippen molar-refractivity contribution < 1.29 is 9.59 Å². The Hall–Kier alpha value is -2.13. The molecule has 0 N–H and O–H groups in total. The van der Waals surface area contributed by atoms with Gasteiger partial charge in [-0.15, -0.1) is 22.7 Å². The Morgan fingerprint density at radius 1 is 1.06 bits per heavy atom. The van der Waals surface area contributed by atoms with Gasteiger partial charge in [0.05, 0.1) is 33.6 Å². The quantitative estimate of drug-likeness (QED) is 0.426. The predicted molar refractivity (Wildman–Crippen MR) is 132 cm³/mol. The van der Waals surface area contributed by atoms with Gasteiger partial charge in [-0.25, -0.2) is 0 Å². The van der Waals surface area contributed by atoms with Gasteiger partial charge in [-0.2, -0.15) is 0 Å². The summed E-state index contributed by atoms with van der Waals surface area (Å²) < 4.78 is 1.22. The van der Waals surface area contributed by atoms with Crippen LogP contribution in [0.15, 0.2) is 50.9 Å². The summed E-state index contributed by atoms with van der Waals surface area (Å²) in [5.41, 5.74) is 2.33. The van der Waals surface area contributed by atoms with Crippen LogP contribution in [-0.2, 0) is 13.1 Å². The second-order valence-electron chi connectivity index (χ2n) is 8.69. The van der Waals surface area contributed by atoms with Gasteiger partial charge in [0.2, 0.25) is 0 Å². The Morgan fingerprint density at radius 3 is 2.41 bits per heavy atom. The molecule has 0 unspecified atom stereocenters. The molecule has 2 aromatic heterocycles. The summed E-state index contributed by atoms with van der Waals surface area (Å²) in [6.45, 7) is 7.54. The molecule has 5 rings (SSSR count). The summed E-state index contributed by atoms with van der Waals surface area (Å²) in [4.78, 5) is 34.5. The molecule has 0 saturated heterocycles. The van der Waals surface area contributed by atoms with Gasteiger partial charge in [-0.05, 0) is 36.5 Å². The van der Waals surface area contributed by atoms with E-state index in [1.165, 1.54) is 24.6 Å². The van der Waals surface area contributed by atoms with Crippen LogP contribution >= 0.6 is 34.4 Å². The van der Waals surface area contributed by atoms with Crippen molar-refractivity contribution in [1.82, 2.24) is 9.80 Å². The van der Waals surface area contributed by atoms with Gasteiger partial charge in [0.1, 0.15) is 0 Å². The predicted octanol–water partition coefficient (Wildman–Crippen LogP) is 5.62. The van der Waals surface area contributed by atoms with E-state index < -0.39 is 0 Å². The van der Waals surface area contributed by atoms with Crippen molar-refractivity contribution in [2.24, 2.45) is 5.92 Å². The number of imide groups is 1. The zero-order valence-corrected chi connectivity index (χ0v) is 20.8. The van der Waals surface area contributed by atoms with Crippen molar-refractivity contribution in [3.8, 4) is 0 Å². The second-order valence-corrected chi connectivity index (χ2v) is 12.0. The minimum absolute atomic E-state index is 0.194. The van der Waals surface area contributed by atoms with Crippen LogP contribution in [0.25, 0.3) is 0 Å². The number of anilines is 1. The van der Waals surface area contributed by atoms with Gasteiger partial charge in [0.25, 0.3) is 11.8 Å². The van der Waals surface area contributed by atoms with E-state index in [2.05, 4.69) is 48.2 Å². The van der Waals surface area contributed by atoms with Crippen LogP contribution in [-0.4, -0.2) is 41.9 Å². The van der Waals surface area contributed by atoms with E-state index in [1.54, 1.807) is 46.6 Å². The van der Waals surface area contributed by atoms with Crippen LogP contribution in [0.3, 0.4) is 0 Å². The Kier molecular flexibility index (Phi) is 5.88. The van der Waals surface area contributed by atoms with Crippen molar-refractivity contribution >= 4 is 51.3 Å². The molecule has 4 heterocycles. The van der Waals surface area contributed by atoms with Gasteiger partial charge in [-0.1, -0.05) is 43.8 Å². The topological polar surface area (TPSA) is 43.9 Å². The Labute approximate surface area is 200 Å². The summed E-state index contributed by atoms with van der Waals surface area (Å²) in [7, 11) is 2.15. The SMILES string of the molecule is CC(C)CN1CN(C)Cc2c1sc(CN1C(=O)c3ccccc3C1=O)c2Sc1cccs1. The molecule has 2 aliphatic rings. The fourth-order valence-corrected chi connectivity index (χ4v) is 7.69. The number of carbonyl (C=O) groups is 2. The molecule has 2 amide bonds. The summed E-state index contributed by atoms with van der Waals surface area (Å²) in [5, 5.41) is 3.37. The van der Waals surface area contributed by atoms with E-state index in [0.717, 1.165) is 24.6 Å². The number of rotatable bonds is 6. The maximum Gasteiger partial charge on any atom is 0.261 e. The zero-order chi connectivity index (χ0) is 22.4. The average Bonchev–Trinajstić information content (AvgIpc) is 3.44. The molecule has 8 heteroatoms. The van der Waals surface area contributed by atoms with Crippen LogP contribution in [0.5, 0.6) is 0 Å². The molecule has 0 radical (unpaired) electrons. The van der Waals surface area contributed by atoms with E-state index >= 15 is 0 Å². The molecular weight excluding hydrogens is 458 g/mol. The molecule has 0 atom stereocenters. The average molecular weight is 484 g/mol. The first kappa shape index (κ1) is 21.7. The fourth-order valence-electron chi connectivity index (χ4n) is 4.31. The Bertz CT molecular complexity index is 1130.